The zero-order chi connectivity index (χ0) is 14.5. The average molecular weight is 300 g/mol. The molecule has 0 aromatic carbocycles. The van der Waals surface area contributed by atoms with Crippen LogP contribution in [0, 0.1) is 0 Å². The monoisotopic (exact) mass is 299 g/mol. The fourth-order valence-corrected chi connectivity index (χ4v) is 1.50. The van der Waals surface area contributed by atoms with Crippen LogP contribution in [0.5, 0.6) is 0 Å². The summed E-state index contributed by atoms with van der Waals surface area (Å²) >= 11 is 5.44. The van der Waals surface area contributed by atoms with Gasteiger partial charge in [-0.2, -0.15) is 13.2 Å². The maximum atomic E-state index is 12.5. The SMILES string of the molecule is COCCC(CO)Nc1cc(C(F)(F)F)nc(Cl)n1. The number of rotatable bonds is 6. The van der Waals surface area contributed by atoms with Gasteiger partial charge >= 0.3 is 6.18 Å². The van der Waals surface area contributed by atoms with Gasteiger partial charge in [-0.1, -0.05) is 0 Å². The molecule has 0 radical (unpaired) electrons. The lowest BCUT2D eigenvalue weighted by molar-refractivity contribution is -0.141. The molecule has 0 fully saturated rings. The molecule has 0 amide bonds. The van der Waals surface area contributed by atoms with Gasteiger partial charge in [0.1, 0.15) is 5.82 Å². The van der Waals surface area contributed by atoms with Gasteiger partial charge in [-0.15, -0.1) is 0 Å². The van der Waals surface area contributed by atoms with E-state index >= 15 is 0 Å². The number of hydrogen-bond donors (Lipinski definition) is 2. The first-order valence-electron chi connectivity index (χ1n) is 5.35. The molecule has 1 atom stereocenters. The van der Waals surface area contributed by atoms with Crippen molar-refractivity contribution >= 4 is 17.4 Å². The van der Waals surface area contributed by atoms with Gasteiger partial charge in [-0.3, -0.25) is 0 Å². The minimum atomic E-state index is -4.61. The van der Waals surface area contributed by atoms with Crippen LogP contribution in [0.25, 0.3) is 0 Å². The van der Waals surface area contributed by atoms with Crippen molar-refractivity contribution in [3.63, 3.8) is 0 Å². The topological polar surface area (TPSA) is 67.3 Å². The molecule has 0 bridgehead atoms. The fraction of sp³-hybridized carbons (Fsp3) is 0.600. The quantitative estimate of drug-likeness (QED) is 0.786. The molecule has 0 spiro atoms. The predicted octanol–water partition coefficient (Wildman–Crippen LogP) is 1.96. The number of alkyl halides is 3. The Morgan fingerprint density at radius 2 is 2.16 bits per heavy atom. The molecule has 1 rings (SSSR count). The van der Waals surface area contributed by atoms with E-state index in [1.54, 1.807) is 0 Å². The van der Waals surface area contributed by atoms with Crippen LogP contribution in [0.2, 0.25) is 5.28 Å². The third kappa shape index (κ3) is 5.17. The van der Waals surface area contributed by atoms with E-state index in [4.69, 9.17) is 21.4 Å². The lowest BCUT2D eigenvalue weighted by Crippen LogP contribution is -2.26. The first kappa shape index (κ1) is 15.9. The Labute approximate surface area is 112 Å². The van der Waals surface area contributed by atoms with Crippen LogP contribution < -0.4 is 5.32 Å². The van der Waals surface area contributed by atoms with Crippen LogP contribution in [0.4, 0.5) is 19.0 Å². The average Bonchev–Trinajstić information content (AvgIpc) is 2.32. The molecule has 0 aliphatic rings. The van der Waals surface area contributed by atoms with Crippen molar-refractivity contribution in [2.24, 2.45) is 0 Å². The van der Waals surface area contributed by atoms with E-state index in [1.165, 1.54) is 7.11 Å². The van der Waals surface area contributed by atoms with Crippen LogP contribution in [0.15, 0.2) is 6.07 Å². The van der Waals surface area contributed by atoms with Gasteiger partial charge in [-0.05, 0) is 18.0 Å². The highest BCUT2D eigenvalue weighted by Crippen LogP contribution is 2.29. The zero-order valence-corrected chi connectivity index (χ0v) is 10.8. The van der Waals surface area contributed by atoms with Crippen LogP contribution >= 0.6 is 11.6 Å². The summed E-state index contributed by atoms with van der Waals surface area (Å²) in [6.07, 6.45) is -4.19. The van der Waals surface area contributed by atoms with Crippen molar-refractivity contribution in [1.82, 2.24) is 9.97 Å². The highest BCUT2D eigenvalue weighted by molar-refractivity contribution is 6.28. The highest BCUT2D eigenvalue weighted by Gasteiger charge is 2.33. The Hall–Kier alpha value is -1.12. The number of nitrogens with one attached hydrogen (secondary N) is 1. The Morgan fingerprint density at radius 1 is 1.47 bits per heavy atom. The molecule has 0 aliphatic carbocycles. The largest absolute Gasteiger partial charge is 0.433 e. The lowest BCUT2D eigenvalue weighted by atomic mass is 10.2. The molecular formula is C10H13ClF3N3O2. The van der Waals surface area contributed by atoms with E-state index in [0.29, 0.717) is 13.0 Å². The first-order chi connectivity index (χ1) is 8.86. The third-order valence-corrected chi connectivity index (χ3v) is 2.40. The number of hydrogen-bond acceptors (Lipinski definition) is 5. The van der Waals surface area contributed by atoms with Gasteiger partial charge in [-0.25, -0.2) is 9.97 Å². The number of ether oxygens (including phenoxy) is 1. The summed E-state index contributed by atoms with van der Waals surface area (Å²) in [5.41, 5.74) is -1.14. The summed E-state index contributed by atoms with van der Waals surface area (Å²) < 4.78 is 42.4. The van der Waals surface area contributed by atoms with Crippen LogP contribution in [-0.4, -0.2) is 41.4 Å². The Morgan fingerprint density at radius 3 is 2.68 bits per heavy atom. The van der Waals surface area contributed by atoms with E-state index in [1.807, 2.05) is 0 Å². The number of nitrogens with zero attached hydrogens (tertiary/aromatic N) is 2. The summed E-state index contributed by atoms with van der Waals surface area (Å²) in [6, 6.07) is 0.258. The third-order valence-electron chi connectivity index (χ3n) is 2.23. The second kappa shape index (κ2) is 6.88. The second-order valence-corrected chi connectivity index (χ2v) is 4.05. The molecule has 108 valence electrons. The molecule has 5 nitrogen and oxygen atoms in total. The normalized spacial score (nSPS) is 13.4. The van der Waals surface area contributed by atoms with E-state index in [9.17, 15) is 13.2 Å². The van der Waals surface area contributed by atoms with Crippen molar-refractivity contribution < 1.29 is 23.0 Å². The molecule has 1 aromatic heterocycles. The smallest absolute Gasteiger partial charge is 0.394 e. The summed E-state index contributed by atoms with van der Waals surface area (Å²) in [4.78, 5) is 6.74. The van der Waals surface area contributed by atoms with E-state index in [0.717, 1.165) is 6.07 Å². The molecule has 0 saturated carbocycles. The Kier molecular flexibility index (Phi) is 5.77. The van der Waals surface area contributed by atoms with Crippen molar-refractivity contribution in [3.05, 3.63) is 17.0 Å². The van der Waals surface area contributed by atoms with Gasteiger partial charge in [0.05, 0.1) is 12.6 Å². The number of anilines is 1. The van der Waals surface area contributed by atoms with Crippen molar-refractivity contribution in [2.75, 3.05) is 25.6 Å². The summed E-state index contributed by atoms with van der Waals surface area (Å²) in [7, 11) is 1.48. The molecule has 1 unspecified atom stereocenters. The van der Waals surface area contributed by atoms with Crippen LogP contribution in [-0.2, 0) is 10.9 Å². The van der Waals surface area contributed by atoms with Crippen molar-refractivity contribution in [3.8, 4) is 0 Å². The summed E-state index contributed by atoms with van der Waals surface area (Å²) in [5, 5.41) is 11.2. The summed E-state index contributed by atoms with van der Waals surface area (Å²) in [6.45, 7) is 0.0789. The number of aliphatic hydroxyl groups excluding tert-OH is 1. The summed E-state index contributed by atoms with van der Waals surface area (Å²) in [5.74, 6) is -0.0949. The van der Waals surface area contributed by atoms with E-state index in [2.05, 4.69) is 15.3 Å². The molecule has 0 aliphatic heterocycles. The molecule has 0 saturated heterocycles. The van der Waals surface area contributed by atoms with Gasteiger partial charge in [0.2, 0.25) is 5.28 Å². The number of aromatic nitrogens is 2. The van der Waals surface area contributed by atoms with Gasteiger partial charge in [0.15, 0.2) is 5.69 Å². The first-order valence-corrected chi connectivity index (χ1v) is 5.72. The minimum absolute atomic E-state index is 0.0949. The molecule has 2 N–H and O–H groups in total. The second-order valence-electron chi connectivity index (χ2n) is 3.71. The van der Waals surface area contributed by atoms with Crippen molar-refractivity contribution in [2.45, 2.75) is 18.6 Å². The molecule has 19 heavy (non-hydrogen) atoms. The van der Waals surface area contributed by atoms with Gasteiger partial charge in [0.25, 0.3) is 0 Å². The lowest BCUT2D eigenvalue weighted by Gasteiger charge is -2.17. The molecule has 9 heteroatoms. The van der Waals surface area contributed by atoms with Crippen LogP contribution in [0.1, 0.15) is 12.1 Å². The van der Waals surface area contributed by atoms with Gasteiger partial charge in [0, 0.05) is 19.8 Å². The Balaban J connectivity index is 2.85. The standard InChI is InChI=1S/C10H13ClF3N3O2/c1-19-3-2-6(5-18)15-8-4-7(10(12,13)14)16-9(11)17-8/h4,6,18H,2-3,5H2,1H3,(H,15,16,17). The zero-order valence-electron chi connectivity index (χ0n) is 10.0. The maximum absolute atomic E-state index is 12.5. The van der Waals surface area contributed by atoms with Crippen molar-refractivity contribution in [1.29, 1.82) is 0 Å². The fourth-order valence-electron chi connectivity index (χ4n) is 1.32. The number of halogens is 4. The molecule has 1 aromatic rings. The minimum Gasteiger partial charge on any atom is -0.394 e. The van der Waals surface area contributed by atoms with Gasteiger partial charge < -0.3 is 15.2 Å². The van der Waals surface area contributed by atoms with E-state index in [-0.39, 0.29) is 12.4 Å². The van der Waals surface area contributed by atoms with Crippen LogP contribution in [0.3, 0.4) is 0 Å². The molecule has 1 heterocycles. The Bertz CT molecular complexity index is 417. The number of aliphatic hydroxyl groups is 1. The predicted molar refractivity (Wildman–Crippen MR) is 63.0 cm³/mol. The van der Waals surface area contributed by atoms with E-state index < -0.39 is 23.2 Å². The maximum Gasteiger partial charge on any atom is 0.433 e. The number of methoxy groups -OCH3 is 1. The molecular weight excluding hydrogens is 287 g/mol. The highest BCUT2D eigenvalue weighted by atomic mass is 35.5.